The van der Waals surface area contributed by atoms with Crippen LogP contribution in [0.3, 0.4) is 0 Å². The molecule has 92 valence electrons. The maximum Gasteiger partial charge on any atom is 0.249 e. The fraction of sp³-hybridized carbons (Fsp3) is 0.0769. The average molecular weight is 242 g/mol. The molecule has 0 unspecified atom stereocenters. The molecule has 1 aromatic carbocycles. The molecule has 4 N–H and O–H groups in total. The number of aromatic amines is 1. The molecule has 0 aliphatic carbocycles. The molecule has 0 saturated heterocycles. The van der Waals surface area contributed by atoms with Crippen molar-refractivity contribution in [2.24, 2.45) is 0 Å². The largest absolute Gasteiger partial charge is 0.399 e. The molecular formula is C13H14N4O. The van der Waals surface area contributed by atoms with Crippen molar-refractivity contribution >= 4 is 23.5 Å². The topological polar surface area (TPSA) is 83.8 Å². The van der Waals surface area contributed by atoms with Crippen LogP contribution in [-0.2, 0) is 4.79 Å². The molecule has 0 spiro atoms. The molecule has 5 heteroatoms. The van der Waals surface area contributed by atoms with Crippen molar-refractivity contribution in [3.63, 3.8) is 0 Å². The van der Waals surface area contributed by atoms with Gasteiger partial charge in [-0.1, -0.05) is 12.1 Å². The summed E-state index contributed by atoms with van der Waals surface area (Å²) in [6, 6.07) is 9.06. The van der Waals surface area contributed by atoms with Gasteiger partial charge in [0.2, 0.25) is 5.91 Å². The van der Waals surface area contributed by atoms with Crippen LogP contribution in [0.4, 0.5) is 11.5 Å². The van der Waals surface area contributed by atoms with E-state index in [4.69, 9.17) is 5.73 Å². The first-order valence-electron chi connectivity index (χ1n) is 5.50. The number of nitrogens with two attached hydrogens (primary N) is 1. The Labute approximate surface area is 105 Å². The number of H-pyrrole nitrogens is 1. The molecule has 0 bridgehead atoms. The van der Waals surface area contributed by atoms with Gasteiger partial charge in [0.05, 0.1) is 0 Å². The predicted molar refractivity (Wildman–Crippen MR) is 71.8 cm³/mol. The first-order chi connectivity index (χ1) is 8.63. The second-order valence-corrected chi connectivity index (χ2v) is 3.93. The maximum atomic E-state index is 11.6. The van der Waals surface area contributed by atoms with E-state index in [0.29, 0.717) is 11.5 Å². The molecule has 2 aromatic rings. The fourth-order valence-electron chi connectivity index (χ4n) is 1.48. The molecule has 0 aliphatic heterocycles. The predicted octanol–water partition coefficient (Wildman–Crippen LogP) is 1.95. The van der Waals surface area contributed by atoms with Crippen LogP contribution in [0.15, 0.2) is 36.4 Å². The van der Waals surface area contributed by atoms with Gasteiger partial charge in [0.25, 0.3) is 0 Å². The van der Waals surface area contributed by atoms with E-state index in [1.165, 1.54) is 6.08 Å². The Morgan fingerprint density at radius 3 is 2.94 bits per heavy atom. The van der Waals surface area contributed by atoms with E-state index in [2.05, 4.69) is 15.5 Å². The van der Waals surface area contributed by atoms with Crippen LogP contribution in [-0.4, -0.2) is 16.1 Å². The first-order valence-corrected chi connectivity index (χ1v) is 5.50. The number of benzene rings is 1. The Hall–Kier alpha value is -2.56. The second kappa shape index (κ2) is 5.18. The van der Waals surface area contributed by atoms with Crippen molar-refractivity contribution in [2.45, 2.75) is 6.92 Å². The maximum absolute atomic E-state index is 11.6. The third-order valence-corrected chi connectivity index (χ3v) is 2.30. The van der Waals surface area contributed by atoms with Gasteiger partial charge in [-0.3, -0.25) is 9.89 Å². The van der Waals surface area contributed by atoms with Gasteiger partial charge < -0.3 is 11.1 Å². The minimum absolute atomic E-state index is 0.232. The molecular weight excluding hydrogens is 228 g/mol. The van der Waals surface area contributed by atoms with Gasteiger partial charge in [-0.05, 0) is 30.7 Å². The molecule has 0 saturated carbocycles. The van der Waals surface area contributed by atoms with Crippen molar-refractivity contribution in [1.82, 2.24) is 10.2 Å². The van der Waals surface area contributed by atoms with Gasteiger partial charge in [-0.25, -0.2) is 0 Å². The van der Waals surface area contributed by atoms with E-state index in [9.17, 15) is 4.79 Å². The van der Waals surface area contributed by atoms with Crippen LogP contribution in [0.5, 0.6) is 0 Å². The summed E-state index contributed by atoms with van der Waals surface area (Å²) in [4.78, 5) is 11.6. The average Bonchev–Trinajstić information content (AvgIpc) is 2.72. The Balaban J connectivity index is 1.99. The number of nitrogen functional groups attached to an aromatic ring is 1. The second-order valence-electron chi connectivity index (χ2n) is 3.93. The Bertz CT molecular complexity index is 586. The highest BCUT2D eigenvalue weighted by Crippen LogP contribution is 2.08. The lowest BCUT2D eigenvalue weighted by atomic mass is 10.2. The lowest BCUT2D eigenvalue weighted by molar-refractivity contribution is -0.111. The number of amides is 1. The van der Waals surface area contributed by atoms with E-state index in [1.807, 2.05) is 19.1 Å². The number of carbonyl (C=O) groups excluding carboxylic acids is 1. The number of aryl methyl sites for hydroxylation is 1. The number of anilines is 2. The minimum atomic E-state index is -0.232. The lowest BCUT2D eigenvalue weighted by Gasteiger charge is -1.97. The van der Waals surface area contributed by atoms with Gasteiger partial charge in [0, 0.05) is 23.5 Å². The number of rotatable bonds is 3. The van der Waals surface area contributed by atoms with Crippen LogP contribution in [0.2, 0.25) is 0 Å². The van der Waals surface area contributed by atoms with E-state index in [-0.39, 0.29) is 5.91 Å². The van der Waals surface area contributed by atoms with Crippen LogP contribution in [0.1, 0.15) is 11.3 Å². The van der Waals surface area contributed by atoms with Gasteiger partial charge in [0.1, 0.15) is 0 Å². The minimum Gasteiger partial charge on any atom is -0.399 e. The summed E-state index contributed by atoms with van der Waals surface area (Å²) in [5.41, 5.74) is 8.08. The zero-order chi connectivity index (χ0) is 13.0. The summed E-state index contributed by atoms with van der Waals surface area (Å²) >= 11 is 0. The molecule has 2 rings (SSSR count). The summed E-state index contributed by atoms with van der Waals surface area (Å²) < 4.78 is 0. The van der Waals surface area contributed by atoms with Gasteiger partial charge in [-0.15, -0.1) is 0 Å². The molecule has 0 fully saturated rings. The zero-order valence-corrected chi connectivity index (χ0v) is 9.97. The quantitative estimate of drug-likeness (QED) is 0.568. The summed E-state index contributed by atoms with van der Waals surface area (Å²) in [5.74, 6) is 0.277. The van der Waals surface area contributed by atoms with E-state index >= 15 is 0 Å². The van der Waals surface area contributed by atoms with Gasteiger partial charge in [0.15, 0.2) is 5.82 Å². The highest BCUT2D eigenvalue weighted by molar-refractivity contribution is 6.01. The van der Waals surface area contributed by atoms with Crippen molar-refractivity contribution in [1.29, 1.82) is 0 Å². The van der Waals surface area contributed by atoms with E-state index < -0.39 is 0 Å². The van der Waals surface area contributed by atoms with E-state index in [0.717, 1.165) is 11.3 Å². The molecule has 0 atom stereocenters. The highest BCUT2D eigenvalue weighted by atomic mass is 16.1. The SMILES string of the molecule is Cc1cc(NC(=O)/C=C/c2cccc(N)c2)n[nH]1. The normalized spacial score (nSPS) is 10.7. The standard InChI is InChI=1S/C13H14N4O/c1-9-7-12(17-16-9)15-13(18)6-5-10-3-2-4-11(14)8-10/h2-8H,14H2,1H3,(H2,15,16,17,18)/b6-5+. The number of nitrogens with zero attached hydrogens (tertiary/aromatic N) is 1. The fourth-order valence-corrected chi connectivity index (χ4v) is 1.48. The Kier molecular flexibility index (Phi) is 3.43. The molecule has 18 heavy (non-hydrogen) atoms. The molecule has 0 aliphatic rings. The van der Waals surface area contributed by atoms with Crippen LogP contribution >= 0.6 is 0 Å². The van der Waals surface area contributed by atoms with Crippen molar-refractivity contribution < 1.29 is 4.79 Å². The Morgan fingerprint density at radius 2 is 2.28 bits per heavy atom. The number of aromatic nitrogens is 2. The molecule has 1 aromatic heterocycles. The number of hydrogen-bond acceptors (Lipinski definition) is 3. The van der Waals surface area contributed by atoms with Crippen molar-refractivity contribution in [3.8, 4) is 0 Å². The summed E-state index contributed by atoms with van der Waals surface area (Å²) in [6.45, 7) is 1.87. The van der Waals surface area contributed by atoms with Crippen LogP contribution in [0.25, 0.3) is 6.08 Å². The smallest absolute Gasteiger partial charge is 0.249 e. The van der Waals surface area contributed by atoms with Crippen LogP contribution < -0.4 is 11.1 Å². The number of hydrogen-bond donors (Lipinski definition) is 3. The monoisotopic (exact) mass is 242 g/mol. The van der Waals surface area contributed by atoms with Crippen molar-refractivity contribution in [2.75, 3.05) is 11.1 Å². The van der Waals surface area contributed by atoms with Gasteiger partial charge in [-0.2, -0.15) is 5.10 Å². The Morgan fingerprint density at radius 1 is 1.44 bits per heavy atom. The lowest BCUT2D eigenvalue weighted by Crippen LogP contribution is -2.07. The van der Waals surface area contributed by atoms with E-state index in [1.54, 1.807) is 24.3 Å². The molecule has 1 amide bonds. The zero-order valence-electron chi connectivity index (χ0n) is 9.97. The highest BCUT2D eigenvalue weighted by Gasteiger charge is 2.00. The third kappa shape index (κ3) is 3.21. The summed E-state index contributed by atoms with van der Waals surface area (Å²) in [7, 11) is 0. The third-order valence-electron chi connectivity index (χ3n) is 2.30. The van der Waals surface area contributed by atoms with Crippen molar-refractivity contribution in [3.05, 3.63) is 47.7 Å². The number of carbonyl (C=O) groups is 1. The van der Waals surface area contributed by atoms with Crippen LogP contribution in [0, 0.1) is 6.92 Å². The number of nitrogens with one attached hydrogen (secondary N) is 2. The molecule has 1 heterocycles. The summed E-state index contributed by atoms with van der Waals surface area (Å²) in [6.07, 6.45) is 3.14. The van der Waals surface area contributed by atoms with Gasteiger partial charge >= 0.3 is 0 Å². The first kappa shape index (κ1) is 11.9. The summed E-state index contributed by atoms with van der Waals surface area (Å²) in [5, 5.41) is 9.31. The molecule has 0 radical (unpaired) electrons. The molecule has 5 nitrogen and oxygen atoms in total.